The first-order valence-electron chi connectivity index (χ1n) is 6.70. The first kappa shape index (κ1) is 12.7. The van der Waals surface area contributed by atoms with E-state index in [2.05, 4.69) is 53.0 Å². The van der Waals surface area contributed by atoms with Crippen LogP contribution in [0.2, 0.25) is 0 Å². The fraction of sp³-hybridized carbons (Fsp3) is 0.400. The summed E-state index contributed by atoms with van der Waals surface area (Å²) in [4.78, 5) is 4.34. The van der Waals surface area contributed by atoms with E-state index in [-0.39, 0.29) is 0 Å². The lowest BCUT2D eigenvalue weighted by Gasteiger charge is -2.09. The van der Waals surface area contributed by atoms with Crippen molar-refractivity contribution in [2.75, 3.05) is 5.32 Å². The van der Waals surface area contributed by atoms with Crippen LogP contribution in [0.1, 0.15) is 32.3 Å². The van der Waals surface area contributed by atoms with Crippen molar-refractivity contribution in [3.63, 3.8) is 0 Å². The fourth-order valence-electron chi connectivity index (χ4n) is 2.03. The summed E-state index contributed by atoms with van der Waals surface area (Å²) in [5, 5.41) is 3.36. The van der Waals surface area contributed by atoms with Gasteiger partial charge in [0.05, 0.1) is 0 Å². The van der Waals surface area contributed by atoms with Gasteiger partial charge >= 0.3 is 0 Å². The topological polar surface area (TPSA) is 29.9 Å². The molecule has 96 valence electrons. The molecule has 2 rings (SSSR count). The molecule has 0 saturated heterocycles. The van der Waals surface area contributed by atoms with Crippen LogP contribution in [0.5, 0.6) is 0 Å². The molecule has 0 atom stereocenters. The van der Waals surface area contributed by atoms with Crippen LogP contribution in [0.15, 0.2) is 36.7 Å². The van der Waals surface area contributed by atoms with Crippen LogP contribution in [0, 0.1) is 0 Å². The summed E-state index contributed by atoms with van der Waals surface area (Å²) < 4.78 is 2.14. The van der Waals surface area contributed by atoms with E-state index in [4.69, 9.17) is 0 Å². The fourth-order valence-corrected chi connectivity index (χ4v) is 2.03. The number of hydrogen-bond acceptors (Lipinski definition) is 2. The maximum Gasteiger partial charge on any atom is 0.207 e. The number of rotatable bonds is 6. The summed E-state index contributed by atoms with van der Waals surface area (Å²) in [6.07, 6.45) is 7.29. The van der Waals surface area contributed by atoms with Crippen molar-refractivity contribution in [3.05, 3.63) is 42.2 Å². The lowest BCUT2D eigenvalue weighted by Crippen LogP contribution is -2.02. The Hall–Kier alpha value is -1.77. The number of nitrogens with zero attached hydrogens (tertiary/aromatic N) is 2. The zero-order valence-corrected chi connectivity index (χ0v) is 11.2. The Bertz CT molecular complexity index is 471. The molecule has 0 aliphatic carbocycles. The molecule has 1 heterocycles. The highest BCUT2D eigenvalue weighted by Gasteiger charge is 2.02. The van der Waals surface area contributed by atoms with Crippen LogP contribution in [0.4, 0.5) is 11.6 Å². The number of benzene rings is 1. The molecule has 1 aromatic carbocycles. The van der Waals surface area contributed by atoms with Gasteiger partial charge in [0.2, 0.25) is 5.95 Å². The Balaban J connectivity index is 2.06. The minimum atomic E-state index is 0.917. The molecule has 1 N–H and O–H groups in total. The molecule has 18 heavy (non-hydrogen) atoms. The van der Waals surface area contributed by atoms with Crippen molar-refractivity contribution in [1.82, 2.24) is 9.55 Å². The van der Waals surface area contributed by atoms with Gasteiger partial charge in [0.25, 0.3) is 0 Å². The molecule has 3 heteroatoms. The summed E-state index contributed by atoms with van der Waals surface area (Å²) in [6, 6.07) is 8.60. The number of anilines is 2. The second-order valence-corrected chi connectivity index (χ2v) is 4.52. The summed E-state index contributed by atoms with van der Waals surface area (Å²) in [5.41, 5.74) is 2.48. The van der Waals surface area contributed by atoms with E-state index >= 15 is 0 Å². The molecule has 0 saturated carbocycles. The molecule has 3 nitrogen and oxygen atoms in total. The highest BCUT2D eigenvalue weighted by molar-refractivity contribution is 5.54. The Morgan fingerprint density at radius 2 is 1.89 bits per heavy atom. The number of aromatic nitrogens is 2. The predicted octanol–water partition coefficient (Wildman–Crippen LogP) is 3.99. The van der Waals surface area contributed by atoms with Crippen LogP contribution < -0.4 is 5.32 Å². The van der Waals surface area contributed by atoms with Gasteiger partial charge in [-0.05, 0) is 30.5 Å². The van der Waals surface area contributed by atoms with Crippen molar-refractivity contribution in [1.29, 1.82) is 0 Å². The highest BCUT2D eigenvalue weighted by Crippen LogP contribution is 2.16. The molecule has 0 aliphatic heterocycles. The minimum absolute atomic E-state index is 0.917. The third-order valence-corrected chi connectivity index (χ3v) is 2.93. The summed E-state index contributed by atoms with van der Waals surface area (Å²) in [7, 11) is 0. The molecular formula is C15H21N3. The molecule has 0 radical (unpaired) electrons. The zero-order chi connectivity index (χ0) is 12.8. The van der Waals surface area contributed by atoms with Crippen LogP contribution in [0.25, 0.3) is 0 Å². The first-order valence-corrected chi connectivity index (χ1v) is 6.70. The third-order valence-electron chi connectivity index (χ3n) is 2.93. The van der Waals surface area contributed by atoms with Crippen LogP contribution in [-0.2, 0) is 13.0 Å². The zero-order valence-electron chi connectivity index (χ0n) is 11.2. The van der Waals surface area contributed by atoms with Crippen LogP contribution >= 0.6 is 0 Å². The maximum absolute atomic E-state index is 4.34. The quantitative estimate of drug-likeness (QED) is 0.831. The van der Waals surface area contributed by atoms with Crippen molar-refractivity contribution >= 4 is 11.6 Å². The molecule has 0 spiro atoms. The van der Waals surface area contributed by atoms with Gasteiger partial charge in [-0.25, -0.2) is 4.98 Å². The van der Waals surface area contributed by atoms with E-state index in [0.29, 0.717) is 0 Å². The van der Waals surface area contributed by atoms with Gasteiger partial charge in [0, 0.05) is 24.6 Å². The Morgan fingerprint density at radius 1 is 1.11 bits per heavy atom. The smallest absolute Gasteiger partial charge is 0.207 e. The summed E-state index contributed by atoms with van der Waals surface area (Å²) in [5.74, 6) is 0.917. The van der Waals surface area contributed by atoms with Crippen molar-refractivity contribution in [2.45, 2.75) is 39.7 Å². The van der Waals surface area contributed by atoms with Crippen molar-refractivity contribution in [3.8, 4) is 0 Å². The van der Waals surface area contributed by atoms with Crippen molar-refractivity contribution in [2.24, 2.45) is 0 Å². The normalized spacial score (nSPS) is 10.6. The Labute approximate surface area is 109 Å². The second-order valence-electron chi connectivity index (χ2n) is 4.52. The van der Waals surface area contributed by atoms with E-state index in [9.17, 15) is 0 Å². The molecule has 0 unspecified atom stereocenters. The molecule has 0 amide bonds. The lowest BCUT2D eigenvalue weighted by atomic mass is 10.1. The van der Waals surface area contributed by atoms with Gasteiger partial charge in [-0.2, -0.15) is 0 Å². The number of aryl methyl sites for hydroxylation is 2. The summed E-state index contributed by atoms with van der Waals surface area (Å²) >= 11 is 0. The maximum atomic E-state index is 4.34. The molecule has 0 aliphatic rings. The van der Waals surface area contributed by atoms with Gasteiger partial charge < -0.3 is 9.88 Å². The van der Waals surface area contributed by atoms with Gasteiger partial charge in [-0.15, -0.1) is 0 Å². The second kappa shape index (κ2) is 6.24. The van der Waals surface area contributed by atoms with Crippen molar-refractivity contribution < 1.29 is 0 Å². The standard InChI is InChI=1S/C15H21N3/c1-3-5-13-6-8-14(9-7-13)17-15-16-10-12-18(15)11-4-2/h6-10,12H,3-5,11H2,1-2H3,(H,16,17). The van der Waals surface area contributed by atoms with Crippen LogP contribution in [0.3, 0.4) is 0 Å². The number of hydrogen-bond donors (Lipinski definition) is 1. The van der Waals surface area contributed by atoms with E-state index in [1.54, 1.807) is 0 Å². The summed E-state index contributed by atoms with van der Waals surface area (Å²) in [6.45, 7) is 5.37. The minimum Gasteiger partial charge on any atom is -0.326 e. The SMILES string of the molecule is CCCc1ccc(Nc2nccn2CCC)cc1. The number of imidazole rings is 1. The Kier molecular flexibility index (Phi) is 4.40. The van der Waals surface area contributed by atoms with E-state index in [0.717, 1.165) is 31.0 Å². The molecular weight excluding hydrogens is 222 g/mol. The third kappa shape index (κ3) is 3.13. The van der Waals surface area contributed by atoms with Gasteiger partial charge in [0.1, 0.15) is 0 Å². The average molecular weight is 243 g/mol. The molecule has 1 aromatic heterocycles. The van der Waals surface area contributed by atoms with E-state index in [1.165, 1.54) is 12.0 Å². The number of nitrogens with one attached hydrogen (secondary N) is 1. The molecule has 0 fully saturated rings. The van der Waals surface area contributed by atoms with E-state index in [1.807, 2.05) is 12.4 Å². The van der Waals surface area contributed by atoms with Gasteiger partial charge in [0.15, 0.2) is 0 Å². The lowest BCUT2D eigenvalue weighted by molar-refractivity contribution is 0.686. The predicted molar refractivity (Wildman–Crippen MR) is 76.2 cm³/mol. The largest absolute Gasteiger partial charge is 0.326 e. The highest BCUT2D eigenvalue weighted by atomic mass is 15.2. The first-order chi connectivity index (χ1) is 8.83. The monoisotopic (exact) mass is 243 g/mol. The average Bonchev–Trinajstić information content (AvgIpc) is 2.80. The molecule has 0 bridgehead atoms. The van der Waals surface area contributed by atoms with E-state index < -0.39 is 0 Å². The van der Waals surface area contributed by atoms with Crippen LogP contribution in [-0.4, -0.2) is 9.55 Å². The molecule has 2 aromatic rings. The Morgan fingerprint density at radius 3 is 2.56 bits per heavy atom. The van der Waals surface area contributed by atoms with Gasteiger partial charge in [-0.3, -0.25) is 0 Å². The van der Waals surface area contributed by atoms with Gasteiger partial charge in [-0.1, -0.05) is 32.4 Å².